The number of amides is 1. The van der Waals surface area contributed by atoms with Crippen LogP contribution in [-0.4, -0.2) is 66.5 Å². The van der Waals surface area contributed by atoms with Crippen LogP contribution in [0.4, 0.5) is 0 Å². The van der Waals surface area contributed by atoms with Crippen molar-refractivity contribution in [2.75, 3.05) is 38.6 Å². The van der Waals surface area contributed by atoms with E-state index in [2.05, 4.69) is 18.7 Å². The molecular formula is C15H27ClN2O2. The smallest absolute Gasteiger partial charge is 0.228 e. The van der Waals surface area contributed by atoms with Gasteiger partial charge in [-0.2, -0.15) is 0 Å². The van der Waals surface area contributed by atoms with Gasteiger partial charge in [-0.3, -0.25) is 4.79 Å². The first-order chi connectivity index (χ1) is 9.54. The van der Waals surface area contributed by atoms with Crippen molar-refractivity contribution < 1.29 is 9.53 Å². The van der Waals surface area contributed by atoms with Gasteiger partial charge in [-0.15, -0.1) is 11.6 Å². The summed E-state index contributed by atoms with van der Waals surface area (Å²) in [6.07, 6.45) is 1.25. The Morgan fingerprint density at radius 3 is 2.50 bits per heavy atom. The maximum Gasteiger partial charge on any atom is 0.228 e. The molecule has 20 heavy (non-hydrogen) atoms. The number of nitrogens with zero attached hydrogens (tertiary/aromatic N) is 2. The topological polar surface area (TPSA) is 32.8 Å². The minimum absolute atomic E-state index is 0.0181. The summed E-state index contributed by atoms with van der Waals surface area (Å²) < 4.78 is 5.81. The van der Waals surface area contributed by atoms with Gasteiger partial charge in [-0.1, -0.05) is 6.92 Å². The zero-order valence-electron chi connectivity index (χ0n) is 12.8. The van der Waals surface area contributed by atoms with E-state index >= 15 is 0 Å². The molecule has 0 aliphatic carbocycles. The summed E-state index contributed by atoms with van der Waals surface area (Å²) in [6.45, 7) is 10.8. The van der Waals surface area contributed by atoms with Gasteiger partial charge in [0.15, 0.2) is 0 Å². The Kier molecular flexibility index (Phi) is 5.70. The fourth-order valence-corrected chi connectivity index (χ4v) is 3.68. The molecule has 4 atom stereocenters. The van der Waals surface area contributed by atoms with E-state index < -0.39 is 0 Å². The molecule has 0 saturated carbocycles. The van der Waals surface area contributed by atoms with Crippen LogP contribution in [0.2, 0.25) is 0 Å². The number of alkyl halides is 1. The van der Waals surface area contributed by atoms with Gasteiger partial charge in [0, 0.05) is 32.1 Å². The van der Waals surface area contributed by atoms with Gasteiger partial charge in [0.1, 0.15) is 0 Å². The summed E-state index contributed by atoms with van der Waals surface area (Å²) in [5, 5.41) is 0. The van der Waals surface area contributed by atoms with Crippen LogP contribution >= 0.6 is 11.6 Å². The van der Waals surface area contributed by atoms with Crippen molar-refractivity contribution >= 4 is 17.5 Å². The molecule has 4 nitrogen and oxygen atoms in total. The number of carbonyl (C=O) groups excluding carboxylic acids is 1. The number of hydrogen-bond acceptors (Lipinski definition) is 3. The summed E-state index contributed by atoms with van der Waals surface area (Å²) in [7, 11) is 0. The summed E-state index contributed by atoms with van der Waals surface area (Å²) in [5.41, 5.74) is 0. The van der Waals surface area contributed by atoms with Gasteiger partial charge in [0.25, 0.3) is 0 Å². The fourth-order valence-electron chi connectivity index (χ4n) is 3.44. The van der Waals surface area contributed by atoms with Crippen LogP contribution in [0.1, 0.15) is 27.2 Å². The van der Waals surface area contributed by atoms with E-state index in [1.54, 1.807) is 0 Å². The summed E-state index contributed by atoms with van der Waals surface area (Å²) in [5.74, 6) is 1.27. The molecule has 1 amide bonds. The highest BCUT2D eigenvalue weighted by atomic mass is 35.5. The molecule has 2 rings (SSSR count). The van der Waals surface area contributed by atoms with Crippen molar-refractivity contribution in [2.24, 2.45) is 11.8 Å². The average Bonchev–Trinajstić information content (AvgIpc) is 2.59. The molecule has 0 aromatic rings. The van der Waals surface area contributed by atoms with E-state index in [0.29, 0.717) is 11.8 Å². The maximum atomic E-state index is 12.8. The van der Waals surface area contributed by atoms with Crippen LogP contribution in [-0.2, 0) is 9.53 Å². The molecule has 0 bridgehead atoms. The third-order valence-electron chi connectivity index (χ3n) is 4.83. The second-order valence-corrected chi connectivity index (χ2v) is 6.52. The second-order valence-electron chi connectivity index (χ2n) is 6.14. The lowest BCUT2D eigenvalue weighted by Crippen LogP contribution is -2.42. The molecule has 2 aliphatic rings. The molecule has 0 spiro atoms. The quantitative estimate of drug-likeness (QED) is 0.746. The van der Waals surface area contributed by atoms with Crippen molar-refractivity contribution in [3.05, 3.63) is 0 Å². The SMILES string of the molecule is CC1OC(C)C(C(=O)N2CCCN(CCCl)CC2)C1C. The number of rotatable bonds is 3. The lowest BCUT2D eigenvalue weighted by atomic mass is 9.88. The van der Waals surface area contributed by atoms with Crippen LogP contribution in [0.15, 0.2) is 0 Å². The van der Waals surface area contributed by atoms with Crippen molar-refractivity contribution in [2.45, 2.75) is 39.4 Å². The predicted molar refractivity (Wildman–Crippen MR) is 81.0 cm³/mol. The largest absolute Gasteiger partial charge is 0.374 e. The Morgan fingerprint density at radius 1 is 1.15 bits per heavy atom. The van der Waals surface area contributed by atoms with Crippen molar-refractivity contribution in [3.8, 4) is 0 Å². The van der Waals surface area contributed by atoms with Crippen LogP contribution < -0.4 is 0 Å². The van der Waals surface area contributed by atoms with Crippen molar-refractivity contribution in [1.82, 2.24) is 9.80 Å². The van der Waals surface area contributed by atoms with Crippen LogP contribution in [0.3, 0.4) is 0 Å². The van der Waals surface area contributed by atoms with Crippen molar-refractivity contribution in [3.63, 3.8) is 0 Å². The Morgan fingerprint density at radius 2 is 1.90 bits per heavy atom. The highest BCUT2D eigenvalue weighted by Gasteiger charge is 2.43. The van der Waals surface area contributed by atoms with E-state index in [0.717, 1.165) is 39.1 Å². The molecule has 0 radical (unpaired) electrons. The van der Waals surface area contributed by atoms with Gasteiger partial charge >= 0.3 is 0 Å². The van der Waals surface area contributed by atoms with Gasteiger partial charge in [-0.05, 0) is 32.7 Å². The average molecular weight is 303 g/mol. The lowest BCUT2D eigenvalue weighted by Gasteiger charge is -2.27. The number of ether oxygens (including phenoxy) is 1. The minimum Gasteiger partial charge on any atom is -0.374 e. The number of hydrogen-bond donors (Lipinski definition) is 0. The first kappa shape index (κ1) is 16.1. The predicted octanol–water partition coefficient (Wildman–Crippen LogP) is 1.82. The van der Waals surface area contributed by atoms with Gasteiger partial charge in [0.05, 0.1) is 18.1 Å². The van der Waals surface area contributed by atoms with E-state index in [-0.39, 0.29) is 24.0 Å². The molecule has 0 N–H and O–H groups in total. The first-order valence-corrected chi connectivity index (χ1v) is 8.30. The van der Waals surface area contributed by atoms with E-state index in [1.165, 1.54) is 0 Å². The molecule has 2 heterocycles. The summed E-state index contributed by atoms with van der Waals surface area (Å²) in [6, 6.07) is 0. The third kappa shape index (κ3) is 3.46. The summed E-state index contributed by atoms with van der Waals surface area (Å²) >= 11 is 5.81. The highest BCUT2D eigenvalue weighted by Crippen LogP contribution is 2.33. The maximum absolute atomic E-state index is 12.8. The van der Waals surface area contributed by atoms with Gasteiger partial charge in [0.2, 0.25) is 5.91 Å². The zero-order chi connectivity index (χ0) is 14.7. The van der Waals surface area contributed by atoms with E-state index in [4.69, 9.17) is 16.3 Å². The zero-order valence-corrected chi connectivity index (χ0v) is 13.6. The second kappa shape index (κ2) is 7.10. The molecule has 0 aromatic heterocycles. The Bertz CT molecular complexity index is 340. The molecule has 2 fully saturated rings. The lowest BCUT2D eigenvalue weighted by molar-refractivity contribution is -0.137. The summed E-state index contributed by atoms with van der Waals surface area (Å²) in [4.78, 5) is 17.2. The van der Waals surface area contributed by atoms with Crippen LogP contribution in [0.5, 0.6) is 0 Å². The molecule has 5 heteroatoms. The number of carbonyl (C=O) groups is 1. The third-order valence-corrected chi connectivity index (χ3v) is 5.00. The Labute approximate surface area is 127 Å². The molecule has 2 aliphatic heterocycles. The van der Waals surface area contributed by atoms with E-state index in [9.17, 15) is 4.79 Å². The van der Waals surface area contributed by atoms with Crippen LogP contribution in [0.25, 0.3) is 0 Å². The molecular weight excluding hydrogens is 276 g/mol. The van der Waals surface area contributed by atoms with Crippen LogP contribution in [0, 0.1) is 11.8 Å². The van der Waals surface area contributed by atoms with Gasteiger partial charge in [-0.25, -0.2) is 0 Å². The fraction of sp³-hybridized carbons (Fsp3) is 0.933. The number of halogens is 1. The molecule has 2 saturated heterocycles. The Balaban J connectivity index is 1.95. The first-order valence-electron chi connectivity index (χ1n) is 7.77. The minimum atomic E-state index is 0.0181. The standard InChI is InChI=1S/C15H27ClN2O2/c1-11-12(2)20-13(3)14(11)15(19)18-7-4-6-17(8-5-16)9-10-18/h11-14H,4-10H2,1-3H3. The van der Waals surface area contributed by atoms with Gasteiger partial charge < -0.3 is 14.5 Å². The molecule has 4 unspecified atom stereocenters. The van der Waals surface area contributed by atoms with E-state index in [1.807, 2.05) is 11.8 Å². The normalized spacial score (nSPS) is 36.1. The monoisotopic (exact) mass is 302 g/mol. The van der Waals surface area contributed by atoms with Crippen molar-refractivity contribution in [1.29, 1.82) is 0 Å². The highest BCUT2D eigenvalue weighted by molar-refractivity contribution is 6.18. The molecule has 0 aromatic carbocycles. The Hall–Kier alpha value is -0.320. The molecule has 116 valence electrons.